The van der Waals surface area contributed by atoms with Crippen molar-refractivity contribution < 1.29 is 0 Å². The maximum atomic E-state index is 3.83. The van der Waals surface area contributed by atoms with Crippen molar-refractivity contribution in [3.05, 3.63) is 8.68 Å². The molecule has 0 aromatic rings. The van der Waals surface area contributed by atoms with Gasteiger partial charge in [-0.05, 0) is 0 Å². The summed E-state index contributed by atoms with van der Waals surface area (Å²) in [5.74, 6) is 0. The molecule has 0 aromatic heterocycles. The second-order valence-corrected chi connectivity index (χ2v) is 24.2. The minimum atomic E-state index is -2.37. The Morgan fingerprint density at radius 1 is 1.00 bits per heavy atom. The second kappa shape index (κ2) is 9.58. The van der Waals surface area contributed by atoms with Gasteiger partial charge in [0.25, 0.3) is 0 Å². The van der Waals surface area contributed by atoms with Gasteiger partial charge in [-0.2, -0.15) is 0 Å². The minimum absolute atomic E-state index is 0.371. The molecule has 112 valence electrons. The third kappa shape index (κ3) is 6.15. The summed E-state index contributed by atoms with van der Waals surface area (Å²) in [5.41, 5.74) is 5.41. The standard InChI is InChI=1S/C10H21BSi.C4H6Si.2CH3.Sn/c1-6-10(9-12(4)5)11(7-2)8-3;1-4-5(2)3;;;/h6-8H2,1-5H3;2-3H3;2*1H3;. The Morgan fingerprint density at radius 3 is 1.80 bits per heavy atom. The molecule has 0 atom stereocenters. The van der Waals surface area contributed by atoms with Crippen molar-refractivity contribution >= 4 is 42.7 Å². The zero-order valence-electron chi connectivity index (χ0n) is 15.2. The van der Waals surface area contributed by atoms with E-state index >= 15 is 0 Å². The summed E-state index contributed by atoms with van der Waals surface area (Å²) in [6.07, 6.45) is 3.84. The van der Waals surface area contributed by atoms with Crippen molar-refractivity contribution in [3.8, 4) is 9.48 Å². The third-order valence-electron chi connectivity index (χ3n) is 3.93. The van der Waals surface area contributed by atoms with Gasteiger partial charge in [-0.25, -0.2) is 0 Å². The zero-order valence-corrected chi connectivity index (χ0v) is 20.1. The fourth-order valence-electron chi connectivity index (χ4n) is 3.14. The molecule has 0 saturated carbocycles. The Kier molecular flexibility index (Phi) is 9.87. The van der Waals surface area contributed by atoms with Crippen LogP contribution < -0.4 is 0 Å². The molecule has 0 saturated heterocycles. The molecule has 0 nitrogen and oxygen atoms in total. The van der Waals surface area contributed by atoms with E-state index in [4.69, 9.17) is 0 Å². The normalized spacial score (nSPS) is 13.2. The van der Waals surface area contributed by atoms with Gasteiger partial charge in [0.05, 0.1) is 0 Å². The van der Waals surface area contributed by atoms with Crippen LogP contribution >= 0.6 is 0 Å². The van der Waals surface area contributed by atoms with E-state index in [0.717, 1.165) is 6.71 Å². The van der Waals surface area contributed by atoms with Gasteiger partial charge in [-0.15, -0.1) is 0 Å². The Balaban J connectivity index is 5.90. The topological polar surface area (TPSA) is 0 Å². The van der Waals surface area contributed by atoms with Crippen molar-refractivity contribution in [2.24, 2.45) is 0 Å². The SMILES string of the molecule is CCB(CC)/C(CC)=[C](/[Si](C)C)[Sn]([CH3])([CH3])[C]#C[Si](C)C. The van der Waals surface area contributed by atoms with Gasteiger partial charge < -0.3 is 0 Å². The van der Waals surface area contributed by atoms with Crippen molar-refractivity contribution in [1.29, 1.82) is 0 Å². The zero-order chi connectivity index (χ0) is 15.9. The fourth-order valence-corrected chi connectivity index (χ4v) is 25.7. The summed E-state index contributed by atoms with van der Waals surface area (Å²) in [5, 5.41) is 0. The van der Waals surface area contributed by atoms with Gasteiger partial charge >= 0.3 is 137 Å². The first-order valence-electron chi connectivity index (χ1n) is 8.08. The van der Waals surface area contributed by atoms with Crippen LogP contribution in [0.1, 0.15) is 27.2 Å². The van der Waals surface area contributed by atoms with Crippen LogP contribution in [0.4, 0.5) is 0 Å². The van der Waals surface area contributed by atoms with E-state index in [0.29, 0.717) is 0 Å². The molecular formula is C16H33BSi2Sn. The molecule has 0 aliphatic heterocycles. The number of allylic oxidation sites excluding steroid dienone is 1. The van der Waals surface area contributed by atoms with E-state index in [1.54, 1.807) is 0 Å². The van der Waals surface area contributed by atoms with E-state index in [9.17, 15) is 0 Å². The van der Waals surface area contributed by atoms with Gasteiger partial charge in [-0.1, -0.05) is 0 Å². The predicted molar refractivity (Wildman–Crippen MR) is 104 cm³/mol. The maximum absolute atomic E-state index is 3.83. The van der Waals surface area contributed by atoms with Gasteiger partial charge in [0.1, 0.15) is 0 Å². The van der Waals surface area contributed by atoms with Crippen LogP contribution in [-0.4, -0.2) is 42.7 Å². The predicted octanol–water partition coefficient (Wildman–Crippen LogP) is 5.14. The molecule has 0 rings (SSSR count). The van der Waals surface area contributed by atoms with Gasteiger partial charge in [-0.3, -0.25) is 0 Å². The molecular weight excluding hydrogens is 378 g/mol. The average molecular weight is 411 g/mol. The summed E-state index contributed by atoms with van der Waals surface area (Å²) in [6.45, 7) is 17.5. The van der Waals surface area contributed by atoms with E-state index < -0.39 is 27.2 Å². The Hall–Kier alpha value is 0.597. The molecule has 2 radical (unpaired) electrons. The molecule has 0 amide bonds. The summed E-state index contributed by atoms with van der Waals surface area (Å²) in [6, 6.07) is 0. The van der Waals surface area contributed by atoms with E-state index in [1.165, 1.54) is 19.1 Å². The van der Waals surface area contributed by atoms with E-state index in [2.05, 4.69) is 66.3 Å². The van der Waals surface area contributed by atoms with Gasteiger partial charge in [0.15, 0.2) is 0 Å². The van der Waals surface area contributed by atoms with Gasteiger partial charge in [0, 0.05) is 0 Å². The Bertz CT molecular complexity index is 385. The van der Waals surface area contributed by atoms with Gasteiger partial charge in [0.2, 0.25) is 0 Å². The second-order valence-electron chi connectivity index (χ2n) is 6.64. The molecule has 0 spiro atoms. The number of rotatable bonds is 6. The van der Waals surface area contributed by atoms with Crippen LogP contribution in [0, 0.1) is 9.48 Å². The van der Waals surface area contributed by atoms with Crippen LogP contribution in [0.25, 0.3) is 0 Å². The first kappa shape index (κ1) is 20.6. The van der Waals surface area contributed by atoms with Crippen LogP contribution in [0.15, 0.2) is 8.68 Å². The van der Waals surface area contributed by atoms with Crippen molar-refractivity contribution in [1.82, 2.24) is 0 Å². The first-order chi connectivity index (χ1) is 9.21. The van der Waals surface area contributed by atoms with Crippen molar-refractivity contribution in [2.45, 2.75) is 75.9 Å². The molecule has 0 aliphatic carbocycles. The van der Waals surface area contributed by atoms with Crippen LogP contribution in [0.2, 0.25) is 48.7 Å². The summed E-state index contributed by atoms with van der Waals surface area (Å²) in [4.78, 5) is 5.11. The molecule has 0 bridgehead atoms. The fraction of sp³-hybridized carbons (Fsp3) is 0.750. The average Bonchev–Trinajstić information content (AvgIpc) is 2.35. The molecule has 20 heavy (non-hydrogen) atoms. The molecule has 4 heteroatoms. The van der Waals surface area contributed by atoms with Crippen molar-refractivity contribution in [2.75, 3.05) is 0 Å². The molecule has 0 heterocycles. The first-order valence-corrected chi connectivity index (χ1v) is 21.6. The summed E-state index contributed by atoms with van der Waals surface area (Å²) >= 11 is -2.37. The molecule has 0 fully saturated rings. The molecule has 0 aliphatic rings. The summed E-state index contributed by atoms with van der Waals surface area (Å²) in [7, 11) is -0.779. The van der Waals surface area contributed by atoms with E-state index in [-0.39, 0.29) is 8.80 Å². The molecule has 0 N–H and O–H groups in total. The summed E-state index contributed by atoms with van der Waals surface area (Å²) < 4.78 is 5.74. The number of hydrogen-bond acceptors (Lipinski definition) is 0. The molecule has 0 aromatic carbocycles. The van der Waals surface area contributed by atoms with Crippen molar-refractivity contribution in [3.63, 3.8) is 0 Å². The quantitative estimate of drug-likeness (QED) is 0.419. The Labute approximate surface area is 136 Å². The van der Waals surface area contributed by atoms with E-state index in [1.807, 2.05) is 8.68 Å². The van der Waals surface area contributed by atoms with Crippen LogP contribution in [0.3, 0.4) is 0 Å². The third-order valence-corrected chi connectivity index (χ3v) is 21.7. The molecule has 0 unspecified atom stereocenters. The number of hydrogen-bond donors (Lipinski definition) is 0. The monoisotopic (exact) mass is 412 g/mol. The Morgan fingerprint density at radius 2 is 1.50 bits per heavy atom. The van der Waals surface area contributed by atoms with Crippen LogP contribution in [0.5, 0.6) is 0 Å². The van der Waals surface area contributed by atoms with Crippen LogP contribution in [-0.2, 0) is 0 Å².